The van der Waals surface area contributed by atoms with Crippen molar-refractivity contribution in [3.05, 3.63) is 100 Å². The maximum Gasteiger partial charge on any atom is 0.253 e. The summed E-state index contributed by atoms with van der Waals surface area (Å²) in [7, 11) is -4.01. The molecule has 1 fully saturated rings. The summed E-state index contributed by atoms with van der Waals surface area (Å²) in [5.74, 6) is -2.72. The second kappa shape index (κ2) is 17.8. The Kier molecular flexibility index (Phi) is 13.8. The van der Waals surface area contributed by atoms with Crippen molar-refractivity contribution in [2.45, 2.75) is 82.9 Å². The van der Waals surface area contributed by atoms with Crippen molar-refractivity contribution in [3.8, 4) is 0 Å². The van der Waals surface area contributed by atoms with Gasteiger partial charge < -0.3 is 20.6 Å². The highest BCUT2D eigenvalue weighted by Crippen LogP contribution is 2.25. The van der Waals surface area contributed by atoms with Crippen LogP contribution in [0.4, 0.5) is 8.78 Å². The Morgan fingerprint density at radius 3 is 2.14 bits per heavy atom. The summed E-state index contributed by atoms with van der Waals surface area (Å²) in [5, 5.41) is 17.3. The van der Waals surface area contributed by atoms with Crippen molar-refractivity contribution in [1.29, 1.82) is 0 Å². The third-order valence-electron chi connectivity index (χ3n) is 8.63. The van der Waals surface area contributed by atoms with Crippen molar-refractivity contribution in [2.75, 3.05) is 32.7 Å². The number of hydrogen-bond acceptors (Lipinski definition) is 6. The molecule has 3 N–H and O–H groups in total. The van der Waals surface area contributed by atoms with E-state index in [-0.39, 0.29) is 40.5 Å². The smallest absolute Gasteiger partial charge is 0.253 e. The van der Waals surface area contributed by atoms with E-state index in [0.29, 0.717) is 58.4 Å². The minimum absolute atomic E-state index is 0.0369. The molecular weight excluding hydrogens is 650 g/mol. The topological polar surface area (TPSA) is 119 Å². The lowest BCUT2D eigenvalue weighted by Crippen LogP contribution is -2.48. The molecule has 1 saturated heterocycles. The zero-order valence-corrected chi connectivity index (χ0v) is 29.4. The van der Waals surface area contributed by atoms with E-state index in [1.807, 2.05) is 32.0 Å². The van der Waals surface area contributed by atoms with Crippen LogP contribution in [-0.4, -0.2) is 79.4 Å². The van der Waals surface area contributed by atoms with Gasteiger partial charge in [-0.1, -0.05) is 45.0 Å². The Hall–Kier alpha value is -3.71. The number of carbonyl (C=O) groups is 2. The van der Waals surface area contributed by atoms with Gasteiger partial charge in [0.15, 0.2) is 0 Å². The van der Waals surface area contributed by atoms with Crippen LogP contribution in [0, 0.1) is 11.6 Å². The summed E-state index contributed by atoms with van der Waals surface area (Å²) in [6.07, 6.45) is 2.37. The quantitative estimate of drug-likeness (QED) is 0.181. The second-order valence-electron chi connectivity index (χ2n) is 12.6. The maximum atomic E-state index is 14.1. The zero-order valence-electron chi connectivity index (χ0n) is 28.6. The third-order valence-corrected chi connectivity index (χ3v) is 10.5. The summed E-state index contributed by atoms with van der Waals surface area (Å²) in [6, 6.07) is 13.9. The lowest BCUT2D eigenvalue weighted by Gasteiger charge is -2.26. The van der Waals surface area contributed by atoms with Crippen LogP contribution in [0.1, 0.15) is 83.9 Å². The van der Waals surface area contributed by atoms with Gasteiger partial charge in [-0.2, -0.15) is 4.31 Å². The summed E-state index contributed by atoms with van der Waals surface area (Å²) in [6.45, 7) is 8.02. The molecule has 0 aromatic heterocycles. The van der Waals surface area contributed by atoms with Crippen LogP contribution in [0.25, 0.3) is 0 Å². The molecule has 3 aromatic rings. The Morgan fingerprint density at radius 2 is 1.51 bits per heavy atom. The van der Waals surface area contributed by atoms with Gasteiger partial charge in [0, 0.05) is 56.5 Å². The van der Waals surface area contributed by atoms with Crippen LogP contribution in [0.3, 0.4) is 0 Å². The summed E-state index contributed by atoms with van der Waals surface area (Å²) in [5.41, 5.74) is 2.37. The molecule has 3 aromatic carbocycles. The molecule has 9 nitrogen and oxygen atoms in total. The zero-order chi connectivity index (χ0) is 35.6. The highest BCUT2D eigenvalue weighted by molar-refractivity contribution is 7.89. The first-order valence-corrected chi connectivity index (χ1v) is 18.6. The first-order chi connectivity index (χ1) is 23.4. The van der Waals surface area contributed by atoms with E-state index in [9.17, 15) is 31.9 Å². The van der Waals surface area contributed by atoms with Gasteiger partial charge >= 0.3 is 0 Å². The molecular formula is C37H48F2N4O5S. The molecule has 1 aliphatic heterocycles. The molecule has 0 saturated carbocycles. The number of carbonyl (C=O) groups excluding carboxylic acids is 2. The summed E-state index contributed by atoms with van der Waals surface area (Å²) < 4.78 is 57.0. The van der Waals surface area contributed by atoms with Gasteiger partial charge in [-0.3, -0.25) is 9.59 Å². The minimum Gasteiger partial charge on any atom is -0.390 e. The number of rotatable bonds is 17. The van der Waals surface area contributed by atoms with Crippen LogP contribution < -0.4 is 10.6 Å². The first kappa shape index (κ1) is 38.1. The number of halogens is 2. The van der Waals surface area contributed by atoms with Crippen LogP contribution in [-0.2, 0) is 29.4 Å². The second-order valence-corrected chi connectivity index (χ2v) is 14.5. The van der Waals surface area contributed by atoms with Gasteiger partial charge in [-0.25, -0.2) is 17.2 Å². The number of aryl methyl sites for hydroxylation is 1. The van der Waals surface area contributed by atoms with E-state index < -0.39 is 39.7 Å². The molecule has 0 bridgehead atoms. The van der Waals surface area contributed by atoms with Crippen molar-refractivity contribution >= 4 is 21.8 Å². The molecule has 12 heteroatoms. The van der Waals surface area contributed by atoms with Gasteiger partial charge in [0.1, 0.15) is 11.6 Å². The molecule has 0 aliphatic carbocycles. The van der Waals surface area contributed by atoms with Crippen molar-refractivity contribution in [3.63, 3.8) is 0 Å². The Bertz CT molecular complexity index is 1670. The fraction of sp³-hybridized carbons (Fsp3) is 0.459. The minimum atomic E-state index is -4.01. The monoisotopic (exact) mass is 698 g/mol. The van der Waals surface area contributed by atoms with E-state index in [1.165, 1.54) is 22.5 Å². The van der Waals surface area contributed by atoms with Crippen molar-refractivity contribution in [1.82, 2.24) is 19.8 Å². The van der Waals surface area contributed by atoms with Gasteiger partial charge in [-0.05, 0) is 85.5 Å². The number of benzene rings is 3. The van der Waals surface area contributed by atoms with Crippen molar-refractivity contribution in [2.24, 2.45) is 0 Å². The predicted molar refractivity (Wildman–Crippen MR) is 186 cm³/mol. The van der Waals surface area contributed by atoms with Crippen LogP contribution in [0.2, 0.25) is 0 Å². The Labute approximate surface area is 288 Å². The average Bonchev–Trinajstić information content (AvgIpc) is 3.63. The number of nitrogens with one attached hydrogen (secondary N) is 2. The van der Waals surface area contributed by atoms with Gasteiger partial charge in [0.2, 0.25) is 10.0 Å². The predicted octanol–water partition coefficient (Wildman–Crippen LogP) is 5.07. The highest BCUT2D eigenvalue weighted by Gasteiger charge is 2.31. The molecule has 2 atom stereocenters. The number of aliphatic hydroxyl groups is 1. The van der Waals surface area contributed by atoms with E-state index >= 15 is 0 Å². The normalized spacial score (nSPS) is 14.8. The number of amides is 2. The Morgan fingerprint density at radius 1 is 0.878 bits per heavy atom. The lowest BCUT2D eigenvalue weighted by atomic mass is 9.99. The first-order valence-electron chi connectivity index (χ1n) is 17.1. The highest BCUT2D eigenvalue weighted by atomic mass is 32.2. The van der Waals surface area contributed by atoms with E-state index in [2.05, 4.69) is 23.6 Å². The van der Waals surface area contributed by atoms with E-state index in [4.69, 9.17) is 0 Å². The van der Waals surface area contributed by atoms with Crippen molar-refractivity contribution < 1.29 is 31.9 Å². The molecule has 0 spiro atoms. The summed E-state index contributed by atoms with van der Waals surface area (Å²) >= 11 is 0. The largest absolute Gasteiger partial charge is 0.390 e. The standard InChI is InChI=1S/C37H48F2N4O5S/c1-4-12-42(13-5-2)37(46)30-20-29(21-33(22-30)49(47,48)43-14-7-8-15-43)36(45)41-34(19-28-17-31(38)23-32(39)18-28)35(44)25-40-24-27-11-9-10-26(6-3)16-27/h9-11,16-18,20-23,34-35,40,44H,4-8,12-15,19,24-25H2,1-3H3,(H,41,45)/t34-,35+/m0/s1. The number of sulfonamides is 1. The van der Waals surface area contributed by atoms with Crippen LogP contribution in [0.5, 0.6) is 0 Å². The molecule has 49 heavy (non-hydrogen) atoms. The SMILES string of the molecule is CCCN(CCC)C(=O)c1cc(C(=O)N[C@@H](Cc2cc(F)cc(F)c2)[C@H](O)CNCc2cccc(CC)c2)cc(S(=O)(=O)N2CCCC2)c1. The van der Waals surface area contributed by atoms with Crippen LogP contribution in [0.15, 0.2) is 65.6 Å². The molecule has 0 unspecified atom stereocenters. The molecule has 1 aliphatic rings. The molecule has 1 heterocycles. The fourth-order valence-corrected chi connectivity index (χ4v) is 7.69. The van der Waals surface area contributed by atoms with E-state index in [0.717, 1.165) is 35.7 Å². The Balaban J connectivity index is 1.65. The maximum absolute atomic E-state index is 14.1. The summed E-state index contributed by atoms with van der Waals surface area (Å²) in [4.78, 5) is 29.1. The van der Waals surface area contributed by atoms with Gasteiger partial charge in [0.25, 0.3) is 11.8 Å². The third kappa shape index (κ3) is 10.4. The lowest BCUT2D eigenvalue weighted by molar-refractivity contribution is 0.0755. The molecule has 4 rings (SSSR count). The van der Waals surface area contributed by atoms with Crippen LogP contribution >= 0.6 is 0 Å². The van der Waals surface area contributed by atoms with E-state index in [1.54, 1.807) is 4.90 Å². The molecule has 0 radical (unpaired) electrons. The number of nitrogens with zero attached hydrogens (tertiary/aromatic N) is 2. The molecule has 2 amide bonds. The molecule has 266 valence electrons. The number of hydrogen-bond donors (Lipinski definition) is 3. The average molecular weight is 699 g/mol. The number of aliphatic hydroxyl groups excluding tert-OH is 1. The fourth-order valence-electron chi connectivity index (χ4n) is 6.10. The van der Waals surface area contributed by atoms with Gasteiger partial charge in [0.05, 0.1) is 17.0 Å². The van der Waals surface area contributed by atoms with Gasteiger partial charge in [-0.15, -0.1) is 0 Å².